The normalized spacial score (nSPS) is 12.6. The topological polar surface area (TPSA) is 75.0 Å². The molecule has 1 unspecified atom stereocenters. The summed E-state index contributed by atoms with van der Waals surface area (Å²) < 4.78 is 0. The third kappa shape index (κ3) is 3.74. The van der Waals surface area contributed by atoms with Gasteiger partial charge in [-0.15, -0.1) is 0 Å². The number of fused-ring (bicyclic) bond motifs is 1. The van der Waals surface area contributed by atoms with E-state index in [0.717, 1.165) is 24.1 Å². The van der Waals surface area contributed by atoms with Gasteiger partial charge < -0.3 is 15.6 Å². The molecular weight excluding hydrogens is 288 g/mol. The summed E-state index contributed by atoms with van der Waals surface area (Å²) in [6.45, 7) is 5.41. The molecule has 0 aliphatic carbocycles. The Balaban J connectivity index is 2.01. The first-order chi connectivity index (χ1) is 10.0. The molecule has 2 rings (SSSR count). The highest BCUT2D eigenvalue weighted by molar-refractivity contribution is 6.31. The van der Waals surface area contributed by atoms with Crippen molar-refractivity contribution in [3.8, 4) is 0 Å². The molecule has 1 amide bonds. The molecule has 2 aromatic rings. The summed E-state index contributed by atoms with van der Waals surface area (Å²) in [4.78, 5) is 21.4. The fourth-order valence-corrected chi connectivity index (χ4v) is 2.50. The molecule has 1 aromatic carbocycles. The Hall–Kier alpha value is -1.59. The molecule has 0 aliphatic heterocycles. The van der Waals surface area contributed by atoms with Crippen LogP contribution in [0.5, 0.6) is 0 Å². The molecule has 1 aromatic heterocycles. The molecule has 0 aliphatic rings. The van der Waals surface area contributed by atoms with Gasteiger partial charge >= 0.3 is 0 Å². The van der Waals surface area contributed by atoms with Crippen LogP contribution in [-0.2, 0) is 4.79 Å². The second kappa shape index (κ2) is 6.91. The second-order valence-corrected chi connectivity index (χ2v) is 5.43. The molecular formula is C15H21ClN4O. The van der Waals surface area contributed by atoms with Gasteiger partial charge in [0.1, 0.15) is 5.82 Å². The Morgan fingerprint density at radius 2 is 2.14 bits per heavy atom. The van der Waals surface area contributed by atoms with Gasteiger partial charge in [0.05, 0.1) is 17.1 Å². The monoisotopic (exact) mass is 308 g/mol. The number of H-pyrrole nitrogens is 1. The van der Waals surface area contributed by atoms with Crippen LogP contribution in [0, 0.1) is 0 Å². The predicted octanol–water partition coefficient (Wildman–Crippen LogP) is 2.86. The van der Waals surface area contributed by atoms with Crippen molar-refractivity contribution in [1.82, 2.24) is 14.9 Å². The van der Waals surface area contributed by atoms with Gasteiger partial charge in [-0.05, 0) is 38.5 Å². The first-order valence-corrected chi connectivity index (χ1v) is 7.61. The predicted molar refractivity (Wildman–Crippen MR) is 85.2 cm³/mol. The lowest BCUT2D eigenvalue weighted by Crippen LogP contribution is -2.31. The second-order valence-electron chi connectivity index (χ2n) is 4.99. The van der Waals surface area contributed by atoms with Gasteiger partial charge in [0.15, 0.2) is 0 Å². The van der Waals surface area contributed by atoms with E-state index in [2.05, 4.69) is 9.97 Å². The third-order valence-corrected chi connectivity index (χ3v) is 3.83. The van der Waals surface area contributed by atoms with E-state index in [1.807, 2.05) is 30.9 Å². The number of hydrogen-bond donors (Lipinski definition) is 2. The minimum absolute atomic E-state index is 0.134. The summed E-state index contributed by atoms with van der Waals surface area (Å²) >= 11 is 5.95. The van der Waals surface area contributed by atoms with Crippen molar-refractivity contribution in [2.24, 2.45) is 5.73 Å². The van der Waals surface area contributed by atoms with Crippen LogP contribution >= 0.6 is 11.6 Å². The molecule has 0 bridgehead atoms. The fraction of sp³-hybridized carbons (Fsp3) is 0.467. The van der Waals surface area contributed by atoms with E-state index in [9.17, 15) is 4.79 Å². The maximum absolute atomic E-state index is 12.0. The number of imidazole rings is 1. The first-order valence-electron chi connectivity index (χ1n) is 7.23. The van der Waals surface area contributed by atoms with E-state index >= 15 is 0 Å². The van der Waals surface area contributed by atoms with Crippen molar-refractivity contribution in [3.05, 3.63) is 29.0 Å². The average molecular weight is 309 g/mol. The molecule has 6 heteroatoms. The Labute approximate surface area is 129 Å². The van der Waals surface area contributed by atoms with E-state index in [-0.39, 0.29) is 11.9 Å². The highest BCUT2D eigenvalue weighted by atomic mass is 35.5. The van der Waals surface area contributed by atoms with Crippen LogP contribution in [0.1, 0.15) is 38.6 Å². The Bertz CT molecular complexity index is 621. The lowest BCUT2D eigenvalue weighted by atomic mass is 10.1. The van der Waals surface area contributed by atoms with Crippen molar-refractivity contribution < 1.29 is 4.79 Å². The zero-order valence-electron chi connectivity index (χ0n) is 12.4. The van der Waals surface area contributed by atoms with Crippen molar-refractivity contribution in [2.45, 2.75) is 32.7 Å². The molecule has 114 valence electrons. The van der Waals surface area contributed by atoms with Crippen LogP contribution < -0.4 is 5.73 Å². The molecule has 5 nitrogen and oxygen atoms in total. The number of amides is 1. The number of aromatic nitrogens is 2. The van der Waals surface area contributed by atoms with Gasteiger partial charge in [-0.2, -0.15) is 0 Å². The molecule has 21 heavy (non-hydrogen) atoms. The minimum Gasteiger partial charge on any atom is -0.343 e. The van der Waals surface area contributed by atoms with Crippen LogP contribution in [0.2, 0.25) is 5.02 Å². The third-order valence-electron chi connectivity index (χ3n) is 3.60. The quantitative estimate of drug-likeness (QED) is 0.861. The summed E-state index contributed by atoms with van der Waals surface area (Å²) in [6, 6.07) is 5.19. The van der Waals surface area contributed by atoms with Gasteiger partial charge in [-0.3, -0.25) is 4.79 Å². The molecule has 1 heterocycles. The van der Waals surface area contributed by atoms with Gasteiger partial charge in [-0.1, -0.05) is 11.6 Å². The maximum Gasteiger partial charge on any atom is 0.222 e. The number of nitrogens with zero attached hydrogens (tertiary/aromatic N) is 2. The highest BCUT2D eigenvalue weighted by Gasteiger charge is 2.15. The maximum atomic E-state index is 12.0. The van der Waals surface area contributed by atoms with Crippen molar-refractivity contribution in [3.63, 3.8) is 0 Å². The van der Waals surface area contributed by atoms with Crippen molar-refractivity contribution in [2.75, 3.05) is 13.1 Å². The number of hydrogen-bond acceptors (Lipinski definition) is 3. The van der Waals surface area contributed by atoms with Crippen molar-refractivity contribution >= 4 is 28.5 Å². The van der Waals surface area contributed by atoms with E-state index in [1.165, 1.54) is 0 Å². The van der Waals surface area contributed by atoms with E-state index in [1.54, 1.807) is 6.07 Å². The molecule has 1 atom stereocenters. The lowest BCUT2D eigenvalue weighted by Gasteiger charge is -2.19. The van der Waals surface area contributed by atoms with Gasteiger partial charge in [0, 0.05) is 24.5 Å². The first kappa shape index (κ1) is 15.8. The zero-order chi connectivity index (χ0) is 15.4. The number of rotatable bonds is 6. The van der Waals surface area contributed by atoms with E-state index in [4.69, 9.17) is 17.3 Å². The van der Waals surface area contributed by atoms with E-state index < -0.39 is 0 Å². The van der Waals surface area contributed by atoms with Crippen LogP contribution in [-0.4, -0.2) is 33.9 Å². The fourth-order valence-electron chi connectivity index (χ4n) is 2.33. The largest absolute Gasteiger partial charge is 0.343 e. The number of carbonyl (C=O) groups is 1. The number of carbonyl (C=O) groups excluding carboxylic acids is 1. The molecule has 0 saturated heterocycles. The summed E-state index contributed by atoms with van der Waals surface area (Å²) in [5, 5.41) is 0.656. The van der Waals surface area contributed by atoms with Crippen LogP contribution in [0.25, 0.3) is 11.0 Å². The number of nitrogens with one attached hydrogen (secondary N) is 1. The summed E-state index contributed by atoms with van der Waals surface area (Å²) in [7, 11) is 0. The van der Waals surface area contributed by atoms with Crippen LogP contribution in [0.3, 0.4) is 0 Å². The number of benzene rings is 1. The highest BCUT2D eigenvalue weighted by Crippen LogP contribution is 2.21. The van der Waals surface area contributed by atoms with Crippen LogP contribution in [0.15, 0.2) is 18.2 Å². The Morgan fingerprint density at radius 3 is 2.81 bits per heavy atom. The Kier molecular flexibility index (Phi) is 5.20. The van der Waals surface area contributed by atoms with Gasteiger partial charge in [0.25, 0.3) is 0 Å². The molecule has 0 spiro atoms. The molecule has 0 saturated carbocycles. The van der Waals surface area contributed by atoms with Crippen molar-refractivity contribution in [1.29, 1.82) is 0 Å². The zero-order valence-corrected chi connectivity index (χ0v) is 13.2. The van der Waals surface area contributed by atoms with Crippen LogP contribution in [0.4, 0.5) is 0 Å². The van der Waals surface area contributed by atoms with E-state index in [0.29, 0.717) is 23.7 Å². The molecule has 0 fully saturated rings. The lowest BCUT2D eigenvalue weighted by molar-refractivity contribution is -0.131. The van der Waals surface area contributed by atoms with Gasteiger partial charge in [-0.25, -0.2) is 4.98 Å². The standard InChI is InChI=1S/C15H21ClN4O/c1-3-20(4-2)14(21)8-6-11(17)15-18-12-7-5-10(16)9-13(12)19-15/h5,7,9,11H,3-4,6,8,17H2,1-2H3,(H,18,19). The number of nitrogens with two attached hydrogens (primary N) is 1. The Morgan fingerprint density at radius 1 is 1.43 bits per heavy atom. The number of aromatic amines is 1. The average Bonchev–Trinajstić information content (AvgIpc) is 2.89. The smallest absolute Gasteiger partial charge is 0.222 e. The molecule has 3 N–H and O–H groups in total. The number of halogens is 1. The SMILES string of the molecule is CCN(CC)C(=O)CCC(N)c1nc2ccc(Cl)cc2[nH]1. The summed E-state index contributed by atoms with van der Waals surface area (Å²) in [6.07, 6.45) is 1.00. The summed E-state index contributed by atoms with van der Waals surface area (Å²) in [5.41, 5.74) is 7.83. The minimum atomic E-state index is -0.282. The van der Waals surface area contributed by atoms with Gasteiger partial charge in [0.2, 0.25) is 5.91 Å². The summed E-state index contributed by atoms with van der Waals surface area (Å²) in [5.74, 6) is 0.828. The molecule has 0 radical (unpaired) electrons.